The molecule has 0 saturated heterocycles. The van der Waals surface area contributed by atoms with Gasteiger partial charge in [0.05, 0.1) is 4.90 Å². The van der Waals surface area contributed by atoms with Gasteiger partial charge in [-0.25, -0.2) is 0 Å². The predicted octanol–water partition coefficient (Wildman–Crippen LogP) is 2.21. The van der Waals surface area contributed by atoms with Crippen molar-refractivity contribution >= 4 is 27.8 Å². The van der Waals surface area contributed by atoms with E-state index in [-0.39, 0.29) is 10.7 Å². The van der Waals surface area contributed by atoms with Gasteiger partial charge in [-0.2, -0.15) is 13.2 Å². The molecule has 0 fully saturated rings. The number of anilines is 1. The van der Waals surface area contributed by atoms with Crippen LogP contribution in [0.5, 0.6) is 0 Å². The lowest BCUT2D eigenvalue weighted by Gasteiger charge is -2.16. The van der Waals surface area contributed by atoms with E-state index in [1.54, 1.807) is 37.4 Å². The Bertz CT molecular complexity index is 811. The summed E-state index contributed by atoms with van der Waals surface area (Å²) in [5.41, 5.74) is 9.48. The molecule has 0 aliphatic carbocycles. The van der Waals surface area contributed by atoms with Crippen molar-refractivity contribution < 1.29 is 13.2 Å². The van der Waals surface area contributed by atoms with Crippen molar-refractivity contribution in [3.05, 3.63) is 66.2 Å². The van der Waals surface area contributed by atoms with E-state index in [0.29, 0.717) is 5.69 Å². The van der Waals surface area contributed by atoms with Gasteiger partial charge in [0.2, 0.25) is 5.84 Å². The fourth-order valence-corrected chi connectivity index (χ4v) is 2.80. The van der Waals surface area contributed by atoms with E-state index in [4.69, 9.17) is 5.53 Å². The van der Waals surface area contributed by atoms with Gasteiger partial charge in [-0.05, 0) is 24.3 Å². The van der Waals surface area contributed by atoms with Gasteiger partial charge in [0.15, 0.2) is 0 Å². The average molecular weight is 314 g/mol. The first-order valence-electron chi connectivity index (χ1n) is 6.41. The Morgan fingerprint density at radius 2 is 1.64 bits per heavy atom. The molecule has 2 aromatic rings. The van der Waals surface area contributed by atoms with Crippen molar-refractivity contribution in [2.45, 2.75) is 4.90 Å². The van der Waals surface area contributed by atoms with Gasteiger partial charge in [0.25, 0.3) is 10.0 Å². The number of rotatable bonds is 4. The van der Waals surface area contributed by atoms with Crippen LogP contribution >= 0.6 is 0 Å². The zero-order valence-corrected chi connectivity index (χ0v) is 12.7. The van der Waals surface area contributed by atoms with Crippen molar-refractivity contribution in [1.82, 2.24) is 0 Å². The fourth-order valence-electron chi connectivity index (χ4n) is 1.78. The number of hydrogen-bond acceptors (Lipinski definition) is 2. The summed E-state index contributed by atoms with van der Waals surface area (Å²) in [7, 11) is -2.26. The molecule has 0 N–H and O–H groups in total. The molecule has 0 aliphatic heterocycles. The quantitative estimate of drug-likeness (QED) is 0.375. The number of para-hydroxylation sites is 1. The summed E-state index contributed by atoms with van der Waals surface area (Å²) in [5.74, 6) is -0.00227. The molecule has 0 amide bonds. The SMILES string of the molecule is CN(/C(C=[N+]=[N-])=N\S(=O)(=O)c1ccccc1)c1ccccc1. The van der Waals surface area contributed by atoms with Crippen molar-refractivity contribution in [1.29, 1.82) is 0 Å². The summed E-state index contributed by atoms with van der Waals surface area (Å²) in [6.45, 7) is 0. The Kier molecular flexibility index (Phi) is 4.83. The third-order valence-corrected chi connectivity index (χ3v) is 4.21. The first-order valence-corrected chi connectivity index (χ1v) is 7.85. The van der Waals surface area contributed by atoms with Gasteiger partial charge in [0.1, 0.15) is 0 Å². The van der Waals surface area contributed by atoms with Crippen LogP contribution in [0.2, 0.25) is 0 Å². The maximum Gasteiger partial charge on any atom is 0.323 e. The normalized spacial score (nSPS) is 11.6. The van der Waals surface area contributed by atoms with E-state index in [0.717, 1.165) is 6.21 Å². The Morgan fingerprint density at radius 1 is 1.09 bits per heavy atom. The van der Waals surface area contributed by atoms with E-state index in [1.165, 1.54) is 17.0 Å². The average Bonchev–Trinajstić information content (AvgIpc) is 2.55. The van der Waals surface area contributed by atoms with Crippen LogP contribution in [0, 0.1) is 0 Å². The van der Waals surface area contributed by atoms with Crippen LogP contribution < -0.4 is 4.90 Å². The molecule has 0 aliphatic rings. The Labute approximate surface area is 129 Å². The highest BCUT2D eigenvalue weighted by Gasteiger charge is 2.18. The number of sulfonamides is 1. The largest absolute Gasteiger partial charge is 0.361 e. The molecule has 0 atom stereocenters. The zero-order chi connectivity index (χ0) is 16.0. The molecule has 0 heterocycles. The highest BCUT2D eigenvalue weighted by Crippen LogP contribution is 2.15. The topological polar surface area (TPSA) is 86.1 Å². The maximum absolute atomic E-state index is 12.3. The fraction of sp³-hybridized carbons (Fsp3) is 0.0667. The van der Waals surface area contributed by atoms with Gasteiger partial charge in [-0.1, -0.05) is 36.4 Å². The third kappa shape index (κ3) is 3.66. The van der Waals surface area contributed by atoms with E-state index >= 15 is 0 Å². The lowest BCUT2D eigenvalue weighted by atomic mass is 10.3. The Morgan fingerprint density at radius 3 is 2.18 bits per heavy atom. The number of amidine groups is 1. The van der Waals surface area contributed by atoms with Crippen LogP contribution in [-0.2, 0) is 10.0 Å². The van der Waals surface area contributed by atoms with Crippen LogP contribution in [-0.4, -0.2) is 32.3 Å². The van der Waals surface area contributed by atoms with Crippen LogP contribution in [0.4, 0.5) is 5.69 Å². The van der Waals surface area contributed by atoms with E-state index in [9.17, 15) is 8.42 Å². The summed E-state index contributed by atoms with van der Waals surface area (Å²) in [5, 5.41) is 0. The van der Waals surface area contributed by atoms with Gasteiger partial charge in [0, 0.05) is 12.7 Å². The molecule has 0 aromatic heterocycles. The van der Waals surface area contributed by atoms with Crippen molar-refractivity contribution in [3.63, 3.8) is 0 Å². The Balaban J connectivity index is 2.46. The molecule has 0 radical (unpaired) electrons. The molecular formula is C15H14N4O2S. The minimum absolute atomic E-state index is 0.00227. The van der Waals surface area contributed by atoms with Crippen molar-refractivity contribution in [2.24, 2.45) is 4.40 Å². The van der Waals surface area contributed by atoms with Crippen LogP contribution in [0.25, 0.3) is 5.53 Å². The molecule has 0 bridgehead atoms. The van der Waals surface area contributed by atoms with E-state index in [2.05, 4.69) is 9.19 Å². The van der Waals surface area contributed by atoms with Gasteiger partial charge < -0.3 is 10.4 Å². The second-order valence-electron chi connectivity index (χ2n) is 4.38. The lowest BCUT2D eigenvalue weighted by Crippen LogP contribution is -2.29. The van der Waals surface area contributed by atoms with Crippen LogP contribution in [0.15, 0.2) is 70.0 Å². The number of hydrogen-bond donors (Lipinski definition) is 0. The second kappa shape index (κ2) is 6.80. The maximum atomic E-state index is 12.3. The minimum atomic E-state index is -3.89. The van der Waals surface area contributed by atoms with Crippen molar-refractivity contribution in [2.75, 3.05) is 11.9 Å². The predicted molar refractivity (Wildman–Crippen MR) is 85.6 cm³/mol. The molecule has 0 spiro atoms. The standard InChI is InChI=1S/C15H14N4O2S/c1-19(13-8-4-2-5-9-13)15(12-17-16)18-22(20,21)14-10-6-3-7-11-14/h2-12H,1H3/b18-15-. The molecule has 6 nitrogen and oxygen atoms in total. The molecule has 2 aromatic carbocycles. The third-order valence-electron chi connectivity index (χ3n) is 2.92. The van der Waals surface area contributed by atoms with Crippen LogP contribution in [0.1, 0.15) is 0 Å². The molecular weight excluding hydrogens is 300 g/mol. The van der Waals surface area contributed by atoms with E-state index < -0.39 is 10.0 Å². The van der Waals surface area contributed by atoms with Crippen molar-refractivity contribution in [3.8, 4) is 0 Å². The van der Waals surface area contributed by atoms with Gasteiger partial charge in [-0.3, -0.25) is 0 Å². The monoisotopic (exact) mass is 314 g/mol. The highest BCUT2D eigenvalue weighted by molar-refractivity contribution is 7.90. The summed E-state index contributed by atoms with van der Waals surface area (Å²) < 4.78 is 28.3. The second-order valence-corrected chi connectivity index (χ2v) is 5.98. The highest BCUT2D eigenvalue weighted by atomic mass is 32.2. The lowest BCUT2D eigenvalue weighted by molar-refractivity contribution is 0.00650. The number of benzene rings is 2. The number of nitrogens with zero attached hydrogens (tertiary/aromatic N) is 4. The van der Waals surface area contributed by atoms with Gasteiger partial charge >= 0.3 is 6.21 Å². The molecule has 0 saturated carbocycles. The summed E-state index contributed by atoms with van der Waals surface area (Å²) in [6.07, 6.45) is 0.980. The molecule has 0 unspecified atom stereocenters. The molecule has 2 rings (SSSR count). The Hall–Kier alpha value is -2.76. The molecule has 112 valence electrons. The molecule has 7 heteroatoms. The first-order chi connectivity index (χ1) is 10.5. The van der Waals surface area contributed by atoms with E-state index in [1.807, 2.05) is 18.2 Å². The smallest absolute Gasteiger partial charge is 0.323 e. The van der Waals surface area contributed by atoms with Crippen LogP contribution in [0.3, 0.4) is 0 Å². The minimum Gasteiger partial charge on any atom is -0.361 e. The molecule has 22 heavy (non-hydrogen) atoms. The summed E-state index contributed by atoms with van der Waals surface area (Å²) in [4.78, 5) is 4.48. The first kappa shape index (κ1) is 15.6. The summed E-state index contributed by atoms with van der Waals surface area (Å²) in [6, 6.07) is 16.9. The summed E-state index contributed by atoms with van der Waals surface area (Å²) >= 11 is 0. The zero-order valence-electron chi connectivity index (χ0n) is 11.9. The van der Waals surface area contributed by atoms with Gasteiger partial charge in [-0.15, -0.1) is 4.40 Å².